The SMILES string of the molecule is O=C(N[C@@H](Cn1ccnc1)c1ccccc1)c1cnn2c1CCCC2. The van der Waals surface area contributed by atoms with Crippen molar-refractivity contribution in [2.75, 3.05) is 0 Å². The molecule has 0 radical (unpaired) electrons. The normalized spacial score (nSPS) is 14.7. The zero-order valence-corrected chi connectivity index (χ0v) is 14.0. The molecule has 0 saturated carbocycles. The van der Waals surface area contributed by atoms with Crippen LogP contribution in [0.25, 0.3) is 0 Å². The van der Waals surface area contributed by atoms with Gasteiger partial charge in [0.1, 0.15) is 0 Å². The number of amides is 1. The van der Waals surface area contributed by atoms with Gasteiger partial charge in [0.25, 0.3) is 5.91 Å². The third-order valence-corrected chi connectivity index (χ3v) is 4.69. The van der Waals surface area contributed by atoms with Crippen molar-refractivity contribution in [3.63, 3.8) is 0 Å². The molecule has 1 atom stereocenters. The molecule has 3 aromatic rings. The fourth-order valence-corrected chi connectivity index (χ4v) is 3.37. The first-order valence-corrected chi connectivity index (χ1v) is 8.67. The van der Waals surface area contributed by atoms with Gasteiger partial charge >= 0.3 is 0 Å². The Morgan fingerprint density at radius 2 is 2.12 bits per heavy atom. The highest BCUT2D eigenvalue weighted by Crippen LogP contribution is 2.20. The van der Waals surface area contributed by atoms with E-state index < -0.39 is 0 Å². The number of carbonyl (C=O) groups is 1. The largest absolute Gasteiger partial charge is 0.343 e. The highest BCUT2D eigenvalue weighted by Gasteiger charge is 2.22. The van der Waals surface area contributed by atoms with Crippen molar-refractivity contribution in [3.05, 3.63) is 72.1 Å². The molecule has 0 fully saturated rings. The highest BCUT2D eigenvalue weighted by atomic mass is 16.1. The van der Waals surface area contributed by atoms with E-state index >= 15 is 0 Å². The number of rotatable bonds is 5. The molecule has 6 heteroatoms. The summed E-state index contributed by atoms with van der Waals surface area (Å²) in [6.07, 6.45) is 10.3. The van der Waals surface area contributed by atoms with Crippen LogP contribution in [0.2, 0.25) is 0 Å². The van der Waals surface area contributed by atoms with Crippen LogP contribution in [0, 0.1) is 0 Å². The molecular weight excluding hydrogens is 314 g/mol. The lowest BCUT2D eigenvalue weighted by molar-refractivity contribution is 0.0931. The maximum absolute atomic E-state index is 12.9. The van der Waals surface area contributed by atoms with Crippen LogP contribution < -0.4 is 5.32 Å². The summed E-state index contributed by atoms with van der Waals surface area (Å²) in [5, 5.41) is 7.56. The molecule has 6 nitrogen and oxygen atoms in total. The number of benzene rings is 1. The number of hydrogen-bond acceptors (Lipinski definition) is 3. The molecule has 1 aliphatic heterocycles. The summed E-state index contributed by atoms with van der Waals surface area (Å²) in [5.41, 5.74) is 2.83. The maximum atomic E-state index is 12.9. The van der Waals surface area contributed by atoms with Gasteiger partial charge in [-0.3, -0.25) is 9.48 Å². The van der Waals surface area contributed by atoms with E-state index in [1.54, 1.807) is 18.7 Å². The van der Waals surface area contributed by atoms with Crippen molar-refractivity contribution >= 4 is 5.91 Å². The van der Waals surface area contributed by atoms with E-state index in [0.717, 1.165) is 37.1 Å². The van der Waals surface area contributed by atoms with Gasteiger partial charge in [-0.15, -0.1) is 0 Å². The van der Waals surface area contributed by atoms with Crippen molar-refractivity contribution in [2.24, 2.45) is 0 Å². The molecule has 3 heterocycles. The Morgan fingerprint density at radius 3 is 2.92 bits per heavy atom. The van der Waals surface area contributed by atoms with E-state index in [-0.39, 0.29) is 11.9 Å². The van der Waals surface area contributed by atoms with E-state index in [4.69, 9.17) is 0 Å². The van der Waals surface area contributed by atoms with Crippen LogP contribution in [0.4, 0.5) is 0 Å². The summed E-state index contributed by atoms with van der Waals surface area (Å²) in [4.78, 5) is 17.0. The first kappa shape index (κ1) is 15.6. The summed E-state index contributed by atoms with van der Waals surface area (Å²) < 4.78 is 3.94. The van der Waals surface area contributed by atoms with E-state index in [9.17, 15) is 4.79 Å². The quantitative estimate of drug-likeness (QED) is 0.779. The van der Waals surface area contributed by atoms with Crippen molar-refractivity contribution in [1.29, 1.82) is 0 Å². The third kappa shape index (κ3) is 3.33. The Labute approximate surface area is 146 Å². The van der Waals surface area contributed by atoms with Crippen molar-refractivity contribution in [2.45, 2.75) is 38.4 Å². The zero-order valence-electron chi connectivity index (χ0n) is 14.0. The number of nitrogens with one attached hydrogen (secondary N) is 1. The fraction of sp³-hybridized carbons (Fsp3) is 0.316. The standard InChI is InChI=1S/C19H21N5O/c25-19(16-12-21-24-10-5-4-8-18(16)24)22-17(13-23-11-9-20-14-23)15-6-2-1-3-7-15/h1-3,6-7,9,11-12,14,17H,4-5,8,10,13H2,(H,22,25)/t17-/m0/s1. The fourth-order valence-electron chi connectivity index (χ4n) is 3.37. The van der Waals surface area contributed by atoms with Crippen molar-refractivity contribution in [1.82, 2.24) is 24.6 Å². The lowest BCUT2D eigenvalue weighted by Gasteiger charge is -2.20. The molecule has 0 spiro atoms. The molecule has 128 valence electrons. The third-order valence-electron chi connectivity index (χ3n) is 4.69. The zero-order chi connectivity index (χ0) is 17.1. The summed E-state index contributed by atoms with van der Waals surface area (Å²) >= 11 is 0. The second-order valence-corrected chi connectivity index (χ2v) is 6.38. The second-order valence-electron chi connectivity index (χ2n) is 6.38. The Hall–Kier alpha value is -2.89. The highest BCUT2D eigenvalue weighted by molar-refractivity contribution is 5.95. The molecule has 1 N–H and O–H groups in total. The van der Waals surface area contributed by atoms with Crippen molar-refractivity contribution < 1.29 is 4.79 Å². The number of hydrogen-bond donors (Lipinski definition) is 1. The van der Waals surface area contributed by atoms with Crippen LogP contribution in [-0.4, -0.2) is 25.2 Å². The molecular formula is C19H21N5O. The maximum Gasteiger partial charge on any atom is 0.255 e. The minimum absolute atomic E-state index is 0.0582. The van der Waals surface area contributed by atoms with E-state index in [2.05, 4.69) is 15.4 Å². The lowest BCUT2D eigenvalue weighted by Crippen LogP contribution is -2.32. The molecule has 1 amide bonds. The van der Waals surface area contributed by atoms with Crippen LogP contribution >= 0.6 is 0 Å². The van der Waals surface area contributed by atoms with Gasteiger partial charge in [0.15, 0.2) is 0 Å². The number of imidazole rings is 1. The van der Waals surface area contributed by atoms with Crippen LogP contribution in [0.5, 0.6) is 0 Å². The number of carbonyl (C=O) groups excluding carboxylic acids is 1. The average Bonchev–Trinajstić information content (AvgIpc) is 3.31. The van der Waals surface area contributed by atoms with Gasteiger partial charge < -0.3 is 9.88 Å². The van der Waals surface area contributed by atoms with Crippen molar-refractivity contribution in [3.8, 4) is 0 Å². The molecule has 4 rings (SSSR count). The van der Waals surface area contributed by atoms with Gasteiger partial charge in [0.2, 0.25) is 0 Å². The monoisotopic (exact) mass is 335 g/mol. The predicted octanol–water partition coefficient (Wildman–Crippen LogP) is 2.59. The van der Waals surface area contributed by atoms with Gasteiger partial charge in [-0.1, -0.05) is 30.3 Å². The Bertz CT molecular complexity index is 838. The molecule has 1 aromatic carbocycles. The first-order chi connectivity index (χ1) is 12.3. The molecule has 0 aliphatic carbocycles. The predicted molar refractivity (Wildman–Crippen MR) is 94.0 cm³/mol. The summed E-state index contributed by atoms with van der Waals surface area (Å²) in [5.74, 6) is -0.0582. The number of aryl methyl sites for hydroxylation is 1. The summed E-state index contributed by atoms with van der Waals surface area (Å²) in [6, 6.07) is 9.91. The molecule has 1 aliphatic rings. The topological polar surface area (TPSA) is 64.7 Å². The second kappa shape index (κ2) is 6.93. The number of fused-ring (bicyclic) bond motifs is 1. The summed E-state index contributed by atoms with van der Waals surface area (Å²) in [7, 11) is 0. The van der Waals surface area contributed by atoms with E-state index in [0.29, 0.717) is 12.1 Å². The minimum atomic E-state index is -0.123. The minimum Gasteiger partial charge on any atom is -0.343 e. The Morgan fingerprint density at radius 1 is 1.24 bits per heavy atom. The van der Waals surface area contributed by atoms with Gasteiger partial charge in [0.05, 0.1) is 29.8 Å². The van der Waals surface area contributed by atoms with E-state index in [1.165, 1.54) is 0 Å². The average molecular weight is 335 g/mol. The van der Waals surface area contributed by atoms with Crippen LogP contribution in [0.1, 0.15) is 40.5 Å². The molecule has 25 heavy (non-hydrogen) atoms. The van der Waals surface area contributed by atoms with Crippen LogP contribution in [-0.2, 0) is 19.5 Å². The Kier molecular flexibility index (Phi) is 4.33. The Balaban J connectivity index is 1.57. The van der Waals surface area contributed by atoms with Crippen LogP contribution in [0.3, 0.4) is 0 Å². The lowest BCUT2D eigenvalue weighted by atomic mass is 10.0. The van der Waals surface area contributed by atoms with Crippen LogP contribution in [0.15, 0.2) is 55.2 Å². The van der Waals surface area contributed by atoms with Gasteiger partial charge in [0, 0.05) is 25.5 Å². The van der Waals surface area contributed by atoms with E-state index in [1.807, 2.05) is 45.8 Å². The number of nitrogens with zero attached hydrogens (tertiary/aromatic N) is 4. The van der Waals surface area contributed by atoms with Gasteiger partial charge in [-0.05, 0) is 24.8 Å². The first-order valence-electron chi connectivity index (χ1n) is 8.67. The summed E-state index contributed by atoms with van der Waals surface area (Å²) in [6.45, 7) is 1.54. The van der Waals surface area contributed by atoms with Gasteiger partial charge in [-0.25, -0.2) is 4.98 Å². The molecule has 0 saturated heterocycles. The van der Waals surface area contributed by atoms with Gasteiger partial charge in [-0.2, -0.15) is 5.10 Å². The molecule has 2 aromatic heterocycles. The number of aromatic nitrogens is 4. The smallest absolute Gasteiger partial charge is 0.255 e. The molecule has 0 unspecified atom stereocenters. The molecule has 0 bridgehead atoms.